The monoisotopic (exact) mass is 572 g/mol. The maximum absolute atomic E-state index is 14.7. The highest BCUT2D eigenvalue weighted by Crippen LogP contribution is 2.32. The zero-order valence-electron chi connectivity index (χ0n) is 23.7. The SMILES string of the molecule is C=C(NCC1=NC(c2cc3c(NC4CCN(C)NC4F)cccc3n2CC(F)(F)F)=NC1)c1ccc(C(C)(C)C)[nH]1. The Hall–Kier alpha value is -3.64. The summed E-state index contributed by atoms with van der Waals surface area (Å²) in [6.07, 6.45) is -5.25. The van der Waals surface area contributed by atoms with Crippen LogP contribution in [0.4, 0.5) is 23.2 Å². The number of hydrogen-bond donors (Lipinski definition) is 4. The number of hydrazine groups is 1. The van der Waals surface area contributed by atoms with Crippen LogP contribution in [0.15, 0.2) is 53.0 Å². The molecule has 3 aromatic rings. The first-order chi connectivity index (χ1) is 19.3. The summed E-state index contributed by atoms with van der Waals surface area (Å²) in [5.41, 5.74) is 7.21. The van der Waals surface area contributed by atoms with Crippen LogP contribution >= 0.6 is 0 Å². The molecule has 0 aliphatic carbocycles. The number of nitrogens with one attached hydrogen (secondary N) is 4. The minimum atomic E-state index is -4.46. The first-order valence-electron chi connectivity index (χ1n) is 13.6. The van der Waals surface area contributed by atoms with E-state index in [-0.39, 0.29) is 23.5 Å². The molecule has 41 heavy (non-hydrogen) atoms. The van der Waals surface area contributed by atoms with Crippen molar-refractivity contribution in [2.24, 2.45) is 9.98 Å². The second-order valence-corrected chi connectivity index (χ2v) is 11.6. The van der Waals surface area contributed by atoms with Crippen LogP contribution in [0.2, 0.25) is 0 Å². The fraction of sp³-hybridized carbons (Fsp3) is 0.448. The Kier molecular flexibility index (Phi) is 7.73. The van der Waals surface area contributed by atoms with Crippen LogP contribution in [0.1, 0.15) is 44.3 Å². The van der Waals surface area contributed by atoms with Gasteiger partial charge in [0.25, 0.3) is 0 Å². The highest BCUT2D eigenvalue weighted by atomic mass is 19.4. The van der Waals surface area contributed by atoms with E-state index in [4.69, 9.17) is 0 Å². The summed E-state index contributed by atoms with van der Waals surface area (Å²) in [5.74, 6) is 0.234. The van der Waals surface area contributed by atoms with Crippen molar-refractivity contribution >= 4 is 33.8 Å². The first kappa shape index (κ1) is 28.9. The van der Waals surface area contributed by atoms with Crippen molar-refractivity contribution in [3.8, 4) is 0 Å². The van der Waals surface area contributed by atoms with Gasteiger partial charge in [-0.2, -0.15) is 13.2 Å². The molecule has 4 heterocycles. The summed E-state index contributed by atoms with van der Waals surface area (Å²) in [6, 6.07) is 10.2. The topological polar surface area (TPSA) is 84.8 Å². The zero-order valence-corrected chi connectivity index (χ0v) is 23.7. The van der Waals surface area contributed by atoms with E-state index in [1.807, 2.05) is 12.1 Å². The molecule has 1 saturated heterocycles. The molecule has 2 aromatic heterocycles. The Morgan fingerprint density at radius 3 is 2.63 bits per heavy atom. The van der Waals surface area contributed by atoms with Gasteiger partial charge in [-0.05, 0) is 36.8 Å². The summed E-state index contributed by atoms with van der Waals surface area (Å²) < 4.78 is 56.9. The third-order valence-electron chi connectivity index (χ3n) is 7.33. The van der Waals surface area contributed by atoms with E-state index in [2.05, 4.69) is 58.4 Å². The number of alkyl halides is 4. The van der Waals surface area contributed by atoms with Crippen molar-refractivity contribution in [2.45, 2.75) is 57.7 Å². The normalized spacial score (nSPS) is 20.3. The number of halogens is 4. The number of anilines is 1. The van der Waals surface area contributed by atoms with E-state index in [0.29, 0.717) is 47.5 Å². The number of benzene rings is 1. The predicted octanol–water partition coefficient (Wildman–Crippen LogP) is 5.21. The maximum Gasteiger partial charge on any atom is 0.406 e. The van der Waals surface area contributed by atoms with Crippen molar-refractivity contribution in [2.75, 3.05) is 32.0 Å². The van der Waals surface area contributed by atoms with Gasteiger partial charge in [-0.1, -0.05) is 33.4 Å². The van der Waals surface area contributed by atoms with Gasteiger partial charge in [0.2, 0.25) is 0 Å². The summed E-state index contributed by atoms with van der Waals surface area (Å²) >= 11 is 0. The molecule has 4 N–H and O–H groups in total. The number of aromatic amines is 1. The van der Waals surface area contributed by atoms with Gasteiger partial charge in [0.15, 0.2) is 12.1 Å². The molecule has 0 radical (unpaired) electrons. The van der Waals surface area contributed by atoms with E-state index in [1.165, 1.54) is 4.57 Å². The van der Waals surface area contributed by atoms with Crippen LogP contribution < -0.4 is 16.1 Å². The Morgan fingerprint density at radius 1 is 1.17 bits per heavy atom. The van der Waals surface area contributed by atoms with Crippen molar-refractivity contribution in [3.05, 3.63) is 60.1 Å². The van der Waals surface area contributed by atoms with Gasteiger partial charge in [-0.3, -0.25) is 4.99 Å². The molecule has 12 heteroatoms. The Balaban J connectivity index is 1.38. The van der Waals surface area contributed by atoms with Crippen LogP contribution in [0, 0.1) is 0 Å². The molecule has 2 unspecified atom stereocenters. The Bertz CT molecular complexity index is 1490. The molecule has 8 nitrogen and oxygen atoms in total. The first-order valence-corrected chi connectivity index (χ1v) is 13.6. The van der Waals surface area contributed by atoms with E-state index in [0.717, 1.165) is 11.4 Å². The number of aliphatic imine (C=N–C) groups is 2. The van der Waals surface area contributed by atoms with Crippen LogP contribution in [0.25, 0.3) is 16.6 Å². The number of aromatic nitrogens is 2. The smallest absolute Gasteiger partial charge is 0.378 e. The van der Waals surface area contributed by atoms with E-state index in [9.17, 15) is 17.6 Å². The lowest BCUT2D eigenvalue weighted by Crippen LogP contribution is -2.54. The highest BCUT2D eigenvalue weighted by Gasteiger charge is 2.32. The standard InChI is InChI=1S/C29H36F4N8/c1-17(20-9-10-25(38-20)28(2,3)4)34-14-18-15-35-27(36-18)24-13-19-21(37-22-11-12-40(5)39-26(22)30)7-6-8-23(19)41(24)16-29(31,32)33/h6-10,13,22,26,34,37-39H,1,11-12,14-16H2,2-5H3. The Morgan fingerprint density at radius 2 is 1.95 bits per heavy atom. The van der Waals surface area contributed by atoms with Crippen LogP contribution in [0.3, 0.4) is 0 Å². The molecular formula is C29H36F4N8. The van der Waals surface area contributed by atoms with E-state index in [1.54, 1.807) is 36.3 Å². The molecule has 0 saturated carbocycles. The van der Waals surface area contributed by atoms with Gasteiger partial charge >= 0.3 is 6.18 Å². The minimum absolute atomic E-state index is 0.0291. The fourth-order valence-electron chi connectivity index (χ4n) is 5.07. The molecule has 0 bridgehead atoms. The quantitative estimate of drug-likeness (QED) is 0.221. The van der Waals surface area contributed by atoms with E-state index >= 15 is 0 Å². The number of rotatable bonds is 8. The van der Waals surface area contributed by atoms with E-state index < -0.39 is 25.1 Å². The van der Waals surface area contributed by atoms with Crippen LogP contribution in [-0.4, -0.2) is 71.3 Å². The van der Waals surface area contributed by atoms with Crippen LogP contribution in [-0.2, 0) is 12.0 Å². The molecular weight excluding hydrogens is 536 g/mol. The van der Waals surface area contributed by atoms with Crippen molar-refractivity contribution in [3.63, 3.8) is 0 Å². The third-order valence-corrected chi connectivity index (χ3v) is 7.33. The Labute approximate surface area is 236 Å². The summed E-state index contributed by atoms with van der Waals surface area (Å²) in [6.45, 7) is 10.5. The average Bonchev–Trinajstić information content (AvgIpc) is 3.63. The van der Waals surface area contributed by atoms with Gasteiger partial charge in [-0.25, -0.2) is 19.8 Å². The number of amidine groups is 1. The molecule has 220 valence electrons. The molecule has 5 rings (SSSR count). The fourth-order valence-corrected chi connectivity index (χ4v) is 5.07. The van der Waals surface area contributed by atoms with Crippen molar-refractivity contribution < 1.29 is 17.6 Å². The van der Waals surface area contributed by atoms with Crippen molar-refractivity contribution in [1.29, 1.82) is 0 Å². The minimum Gasteiger partial charge on any atom is -0.378 e. The maximum atomic E-state index is 14.7. The molecule has 2 aliphatic heterocycles. The largest absolute Gasteiger partial charge is 0.406 e. The molecule has 0 amide bonds. The lowest BCUT2D eigenvalue weighted by molar-refractivity contribution is -0.139. The third kappa shape index (κ3) is 6.48. The van der Waals surface area contributed by atoms with Gasteiger partial charge in [0.1, 0.15) is 6.54 Å². The molecule has 2 aliphatic rings. The second kappa shape index (κ2) is 11.0. The predicted molar refractivity (Wildman–Crippen MR) is 156 cm³/mol. The summed E-state index contributed by atoms with van der Waals surface area (Å²) in [4.78, 5) is 12.4. The highest BCUT2D eigenvalue weighted by molar-refractivity contribution is 6.14. The number of nitrogens with zero attached hydrogens (tertiary/aromatic N) is 4. The molecule has 2 atom stereocenters. The number of H-pyrrole nitrogens is 1. The molecule has 1 aromatic carbocycles. The lowest BCUT2D eigenvalue weighted by atomic mass is 9.93. The average molecular weight is 573 g/mol. The molecule has 0 spiro atoms. The summed E-state index contributed by atoms with van der Waals surface area (Å²) in [7, 11) is 1.76. The number of fused-ring (bicyclic) bond motifs is 1. The van der Waals surface area contributed by atoms with Crippen LogP contribution in [0.5, 0.6) is 0 Å². The van der Waals surface area contributed by atoms with Gasteiger partial charge in [0, 0.05) is 35.8 Å². The number of hydrogen-bond acceptors (Lipinski definition) is 6. The second-order valence-electron chi connectivity index (χ2n) is 11.6. The van der Waals surface area contributed by atoms with Crippen molar-refractivity contribution in [1.82, 2.24) is 25.3 Å². The van der Waals surface area contributed by atoms with Gasteiger partial charge in [0.05, 0.1) is 47.4 Å². The van der Waals surface area contributed by atoms with Gasteiger partial charge in [-0.15, -0.1) is 0 Å². The zero-order chi connectivity index (χ0) is 29.5. The summed E-state index contributed by atoms with van der Waals surface area (Å²) in [5, 5.41) is 8.68. The molecule has 1 fully saturated rings. The van der Waals surface area contributed by atoms with Gasteiger partial charge < -0.3 is 20.2 Å². The lowest BCUT2D eigenvalue weighted by Gasteiger charge is -2.34.